The highest BCUT2D eigenvalue weighted by Crippen LogP contribution is 2.38. The van der Waals surface area contributed by atoms with Gasteiger partial charge in [-0.25, -0.2) is 4.79 Å². The Kier molecular flexibility index (Phi) is 18.0. The van der Waals surface area contributed by atoms with Crippen molar-refractivity contribution < 1.29 is 53.7 Å². The Morgan fingerprint density at radius 1 is 0.759 bits per heavy atom. The Hall–Kier alpha value is -3.42. The number of rotatable bonds is 7. The summed E-state index contributed by atoms with van der Waals surface area (Å²) in [7, 11) is 0. The molecular weight excluding hydrogens is 741 g/mol. The Morgan fingerprint density at radius 2 is 1.53 bits per heavy atom. The number of aliphatic hydroxyl groups is 3. The van der Waals surface area contributed by atoms with E-state index in [2.05, 4.69) is 32.1 Å². The van der Waals surface area contributed by atoms with Crippen LogP contribution in [0.15, 0.2) is 96.7 Å². The summed E-state index contributed by atoms with van der Waals surface area (Å²) >= 11 is 0. The van der Waals surface area contributed by atoms with Crippen LogP contribution in [0.4, 0.5) is 0 Å². The second kappa shape index (κ2) is 22.8. The average Bonchev–Trinajstić information content (AvgIpc) is 3.54. The van der Waals surface area contributed by atoms with E-state index in [-0.39, 0.29) is 67.2 Å². The summed E-state index contributed by atoms with van der Waals surface area (Å²) in [4.78, 5) is 23.9. The average molecular weight is 807 g/mol. The van der Waals surface area contributed by atoms with Crippen molar-refractivity contribution in [3.05, 3.63) is 96.7 Å². The Morgan fingerprint density at radius 3 is 2.34 bits per heavy atom. The van der Waals surface area contributed by atoms with E-state index < -0.39 is 48.6 Å². The molecule has 6 heterocycles. The smallest absolute Gasteiger partial charge is 0.331 e. The van der Waals surface area contributed by atoms with Crippen LogP contribution >= 0.6 is 0 Å². The van der Waals surface area contributed by atoms with E-state index in [9.17, 15) is 24.9 Å². The van der Waals surface area contributed by atoms with E-state index in [1.807, 2.05) is 62.5 Å². The van der Waals surface area contributed by atoms with Gasteiger partial charge in [0.25, 0.3) is 0 Å². The highest BCUT2D eigenvalue weighted by atomic mass is 16.6. The van der Waals surface area contributed by atoms with Crippen LogP contribution in [-0.2, 0) is 33.3 Å². The van der Waals surface area contributed by atoms with E-state index >= 15 is 0 Å². The number of carbonyl (C=O) groups is 2. The van der Waals surface area contributed by atoms with Crippen molar-refractivity contribution in [1.82, 2.24) is 0 Å². The lowest BCUT2D eigenvalue weighted by atomic mass is 9.85. The predicted octanol–water partition coefficient (Wildman–Crippen LogP) is 6.80. The molecule has 6 rings (SSSR count). The van der Waals surface area contributed by atoms with Gasteiger partial charge in [-0.15, -0.1) is 0 Å². The van der Waals surface area contributed by atoms with Crippen molar-refractivity contribution in [1.29, 1.82) is 0 Å². The normalized spacial score (nSPS) is 41.7. The summed E-state index contributed by atoms with van der Waals surface area (Å²) in [5.41, 5.74) is 0.945. The lowest BCUT2D eigenvalue weighted by Crippen LogP contribution is -2.50. The topological polar surface area (TPSA) is 161 Å². The largest absolute Gasteiger partial charge is 0.481 e. The molecule has 0 aliphatic carbocycles. The van der Waals surface area contributed by atoms with Crippen LogP contribution < -0.4 is 0 Å². The van der Waals surface area contributed by atoms with Gasteiger partial charge >= 0.3 is 11.9 Å². The van der Waals surface area contributed by atoms with Crippen molar-refractivity contribution in [2.75, 3.05) is 0 Å². The molecule has 6 aliphatic rings. The molecule has 0 aromatic heterocycles. The molecule has 4 N–H and O–H groups in total. The fraction of sp³-hybridized carbons (Fsp3) is 0.617. The van der Waals surface area contributed by atoms with Gasteiger partial charge in [-0.3, -0.25) is 4.79 Å². The van der Waals surface area contributed by atoms with Crippen LogP contribution in [0.25, 0.3) is 0 Å². The molecule has 11 nitrogen and oxygen atoms in total. The van der Waals surface area contributed by atoms with Crippen molar-refractivity contribution in [3.63, 3.8) is 0 Å². The summed E-state index contributed by atoms with van der Waals surface area (Å²) in [6, 6.07) is 0. The van der Waals surface area contributed by atoms with Gasteiger partial charge in [0.2, 0.25) is 0 Å². The monoisotopic (exact) mass is 806 g/mol. The molecule has 0 spiro atoms. The lowest BCUT2D eigenvalue weighted by molar-refractivity contribution is -0.175. The number of carboxylic acids is 1. The summed E-state index contributed by atoms with van der Waals surface area (Å²) < 4.78 is 31.5. The van der Waals surface area contributed by atoms with E-state index in [0.29, 0.717) is 25.7 Å². The number of aliphatic hydroxyl groups excluding tert-OH is 3. The third-order valence-corrected chi connectivity index (χ3v) is 12.0. The summed E-state index contributed by atoms with van der Waals surface area (Å²) in [6.45, 7) is 8.15. The van der Waals surface area contributed by atoms with E-state index in [1.54, 1.807) is 18.2 Å². The Bertz CT molecular complexity index is 1570. The van der Waals surface area contributed by atoms with Crippen LogP contribution in [0.5, 0.6) is 0 Å². The molecule has 3 saturated heterocycles. The van der Waals surface area contributed by atoms with Crippen LogP contribution in [0, 0.1) is 17.8 Å². The highest BCUT2D eigenvalue weighted by Gasteiger charge is 2.45. The van der Waals surface area contributed by atoms with Gasteiger partial charge in [0.05, 0.1) is 42.7 Å². The Balaban J connectivity index is 1.29. The molecule has 320 valence electrons. The Labute approximate surface area is 344 Å². The molecule has 58 heavy (non-hydrogen) atoms. The standard InChI is InChI=1S/C47H66O11/c1-30(17-14-15-23-44(50)51)27-31(2)47-40-26-25-34(54-47)18-10-6-5-7-11-19-35(48)46(53)43-28-36(49)32(3)37(56-43)21-16-22-38-33(4)41-29-42(55-38)39(57-41)20-12-8-9-13-24-45(52)58-40/h6,8-13,16,19-20,22,24-27,30,32-43,46-49,53H,5,7,14-15,17-18,21,23,28-29H2,1-4H3,(H,50,51)/b9-8+,10-6+,19-11+,20-12-,22-16+,24-13-,31-27+/t30-,32-,33?,34+,35+,36+,37-,38+,39?,40?,41?,42?,43-,46+,47-/m1/s1. The molecule has 5 unspecified atom stereocenters. The quantitative estimate of drug-likeness (QED) is 0.122. The first-order valence-corrected chi connectivity index (χ1v) is 21.3. The number of unbranched alkanes of at least 4 members (excludes halogenated alkanes) is 1. The molecular formula is C47H66O11. The van der Waals surface area contributed by atoms with Crippen LogP contribution in [0.1, 0.15) is 91.9 Å². The maximum atomic E-state index is 13.0. The van der Waals surface area contributed by atoms with Gasteiger partial charge in [-0.2, -0.15) is 0 Å². The van der Waals surface area contributed by atoms with Gasteiger partial charge in [0.1, 0.15) is 24.4 Å². The molecule has 0 amide bonds. The number of hydrogen-bond donors (Lipinski definition) is 4. The third-order valence-electron chi connectivity index (χ3n) is 12.0. The van der Waals surface area contributed by atoms with Crippen molar-refractivity contribution in [3.8, 4) is 0 Å². The van der Waals surface area contributed by atoms with E-state index in [4.69, 9.17) is 28.8 Å². The number of fused-ring (bicyclic) bond motifs is 13. The number of carbonyl (C=O) groups excluding carboxylic acids is 1. The molecule has 0 radical (unpaired) electrons. The molecule has 0 aromatic rings. The van der Waals surface area contributed by atoms with Crippen molar-refractivity contribution in [2.45, 2.75) is 165 Å². The first kappa shape index (κ1) is 45.7. The van der Waals surface area contributed by atoms with Crippen molar-refractivity contribution in [2.24, 2.45) is 17.8 Å². The summed E-state index contributed by atoms with van der Waals surface area (Å²) in [5.74, 6) is -1.09. The number of carboxylic acid groups (broad SMARTS) is 1. The maximum Gasteiger partial charge on any atom is 0.331 e. The third kappa shape index (κ3) is 13.6. The number of esters is 1. The van der Waals surface area contributed by atoms with Crippen LogP contribution in [0.3, 0.4) is 0 Å². The molecule has 7 bridgehead atoms. The number of hydrogen-bond acceptors (Lipinski definition) is 10. The van der Waals surface area contributed by atoms with Crippen LogP contribution in [0.2, 0.25) is 0 Å². The number of ether oxygens (including phenoxy) is 5. The molecule has 0 saturated carbocycles. The van der Waals surface area contributed by atoms with Gasteiger partial charge in [-0.05, 0) is 63.0 Å². The van der Waals surface area contributed by atoms with Gasteiger partial charge in [0.15, 0.2) is 6.10 Å². The molecule has 6 aliphatic heterocycles. The van der Waals surface area contributed by atoms with Gasteiger partial charge in [-0.1, -0.05) is 106 Å². The fourth-order valence-corrected chi connectivity index (χ4v) is 8.38. The molecule has 15 atom stereocenters. The zero-order chi connectivity index (χ0) is 41.6. The van der Waals surface area contributed by atoms with Crippen molar-refractivity contribution >= 4 is 11.9 Å². The number of allylic oxidation sites excluding steroid dienone is 7. The first-order valence-electron chi connectivity index (χ1n) is 21.3. The van der Waals surface area contributed by atoms with Gasteiger partial charge in [0, 0.05) is 37.2 Å². The zero-order valence-corrected chi connectivity index (χ0v) is 34.5. The fourth-order valence-electron chi connectivity index (χ4n) is 8.38. The zero-order valence-electron chi connectivity index (χ0n) is 34.5. The predicted molar refractivity (Wildman–Crippen MR) is 222 cm³/mol. The minimum atomic E-state index is -1.18. The molecule has 11 heteroatoms. The second-order valence-electron chi connectivity index (χ2n) is 16.6. The second-order valence-corrected chi connectivity index (χ2v) is 16.6. The SMILES string of the molecule is C/C(=C\[C@H](C)CCCCC(=O)O)[C@H]1O[C@@H]2C=CC1OC(=O)\C=C/C=C/C=C\C1OC3CC1O[C@@H](/C=C/C[C@H]1O[C@H](C[C@H](O)[C@H]1C)[C@@H](O)[C@@H](O)/C=C/CC/C=C/C2)C3C. The number of aliphatic carboxylic acids is 1. The summed E-state index contributed by atoms with van der Waals surface area (Å²) in [6.07, 6.45) is 28.3. The molecule has 0 aromatic carbocycles. The maximum absolute atomic E-state index is 13.0. The minimum absolute atomic E-state index is 0.0508. The highest BCUT2D eigenvalue weighted by molar-refractivity contribution is 5.82. The van der Waals surface area contributed by atoms with Gasteiger partial charge < -0.3 is 44.1 Å². The lowest BCUT2D eigenvalue weighted by Gasteiger charge is -2.40. The molecule has 3 fully saturated rings. The van der Waals surface area contributed by atoms with Crippen LogP contribution in [-0.4, -0.2) is 106 Å². The first-order chi connectivity index (χ1) is 27.9. The minimum Gasteiger partial charge on any atom is -0.481 e. The summed E-state index contributed by atoms with van der Waals surface area (Å²) in [5, 5.41) is 41.7. The van der Waals surface area contributed by atoms with E-state index in [1.165, 1.54) is 6.08 Å². The van der Waals surface area contributed by atoms with E-state index in [0.717, 1.165) is 31.3 Å².